The minimum Gasteiger partial charge on any atom is -0.373 e. The Morgan fingerprint density at radius 3 is 2.19 bits per heavy atom. The number of halogens is 3. The number of rotatable bonds is 6. The molecule has 2 aliphatic carbocycles. The van der Waals surface area contributed by atoms with Crippen molar-refractivity contribution >= 4 is 11.6 Å². The summed E-state index contributed by atoms with van der Waals surface area (Å²) in [6.07, 6.45) is 0.708. The molecule has 2 fully saturated rings. The van der Waals surface area contributed by atoms with E-state index in [0.29, 0.717) is 11.7 Å². The van der Waals surface area contributed by atoms with Gasteiger partial charge in [-0.25, -0.2) is 4.98 Å². The van der Waals surface area contributed by atoms with Gasteiger partial charge in [0.05, 0.1) is 5.56 Å². The fraction of sp³-hybridized carbons (Fsp3) is 0.667. The molecule has 116 valence electrons. The Hall–Kier alpha value is -1.46. The van der Waals surface area contributed by atoms with E-state index in [-0.39, 0.29) is 5.82 Å². The van der Waals surface area contributed by atoms with Crippen LogP contribution in [0.1, 0.15) is 31.2 Å². The molecule has 0 amide bonds. The number of hydrogen-bond acceptors (Lipinski definition) is 3. The highest BCUT2D eigenvalue weighted by Crippen LogP contribution is 2.49. The van der Waals surface area contributed by atoms with Gasteiger partial charge in [0.25, 0.3) is 0 Å². The van der Waals surface area contributed by atoms with E-state index < -0.39 is 11.7 Å². The monoisotopic (exact) mass is 299 g/mol. The maximum Gasteiger partial charge on any atom is 0.416 e. The molecule has 0 unspecified atom stereocenters. The summed E-state index contributed by atoms with van der Waals surface area (Å²) >= 11 is 0. The molecule has 0 spiro atoms. The third-order valence-electron chi connectivity index (χ3n) is 4.38. The van der Waals surface area contributed by atoms with Crippen LogP contribution in [0, 0.1) is 17.8 Å². The molecule has 0 bridgehead atoms. The zero-order valence-electron chi connectivity index (χ0n) is 12.0. The lowest BCUT2D eigenvalue weighted by molar-refractivity contribution is -0.137. The van der Waals surface area contributed by atoms with Gasteiger partial charge in [-0.1, -0.05) is 0 Å². The zero-order chi connectivity index (χ0) is 15.0. The third kappa shape index (κ3) is 3.60. The predicted molar refractivity (Wildman–Crippen MR) is 76.2 cm³/mol. The first-order valence-corrected chi connectivity index (χ1v) is 7.48. The molecule has 3 rings (SSSR count). The fourth-order valence-corrected chi connectivity index (χ4v) is 2.90. The van der Waals surface area contributed by atoms with E-state index in [2.05, 4.69) is 15.6 Å². The van der Waals surface area contributed by atoms with Crippen LogP contribution in [0.3, 0.4) is 0 Å². The largest absolute Gasteiger partial charge is 0.416 e. The molecule has 2 N–H and O–H groups in total. The second kappa shape index (κ2) is 5.39. The molecule has 1 aromatic heterocycles. The highest BCUT2D eigenvalue weighted by molar-refractivity contribution is 5.49. The lowest BCUT2D eigenvalue weighted by Crippen LogP contribution is -2.19. The van der Waals surface area contributed by atoms with E-state index in [0.717, 1.165) is 30.5 Å². The second-order valence-corrected chi connectivity index (χ2v) is 6.09. The van der Waals surface area contributed by atoms with E-state index in [1.54, 1.807) is 7.05 Å². The summed E-state index contributed by atoms with van der Waals surface area (Å²) in [5.41, 5.74) is -0.668. The van der Waals surface area contributed by atoms with E-state index in [1.807, 2.05) is 0 Å². The van der Waals surface area contributed by atoms with Crippen molar-refractivity contribution in [2.45, 2.75) is 31.9 Å². The van der Waals surface area contributed by atoms with E-state index >= 15 is 0 Å². The van der Waals surface area contributed by atoms with Gasteiger partial charge < -0.3 is 10.6 Å². The third-order valence-corrected chi connectivity index (χ3v) is 4.38. The number of anilines is 2. The van der Waals surface area contributed by atoms with Crippen molar-refractivity contribution in [3.63, 3.8) is 0 Å². The van der Waals surface area contributed by atoms with Gasteiger partial charge in [0, 0.05) is 13.6 Å². The summed E-state index contributed by atoms with van der Waals surface area (Å²) in [6.45, 7) is 0.729. The van der Waals surface area contributed by atoms with Gasteiger partial charge in [0.2, 0.25) is 0 Å². The van der Waals surface area contributed by atoms with Crippen molar-refractivity contribution in [2.24, 2.45) is 17.8 Å². The van der Waals surface area contributed by atoms with Gasteiger partial charge in [0.15, 0.2) is 0 Å². The minimum absolute atomic E-state index is 0.238. The predicted octanol–water partition coefficient (Wildman–Crippen LogP) is 3.99. The molecule has 3 nitrogen and oxygen atoms in total. The standard InChI is InChI=1S/C15H20F3N3/c1-19-13-6-11(15(16,17)18)7-14(21-13)20-8-12(9-2-3-9)10-4-5-10/h6-7,9-10,12H,2-5,8H2,1H3,(H2,19,20,21). The van der Waals surface area contributed by atoms with Crippen LogP contribution in [0.4, 0.5) is 24.8 Å². The van der Waals surface area contributed by atoms with Crippen LogP contribution in [-0.4, -0.2) is 18.6 Å². The Kier molecular flexibility index (Phi) is 3.71. The quantitative estimate of drug-likeness (QED) is 0.834. The van der Waals surface area contributed by atoms with Crippen molar-refractivity contribution in [3.8, 4) is 0 Å². The fourth-order valence-electron chi connectivity index (χ4n) is 2.90. The van der Waals surface area contributed by atoms with Crippen molar-refractivity contribution in [1.82, 2.24) is 4.98 Å². The van der Waals surface area contributed by atoms with Crippen LogP contribution in [0.5, 0.6) is 0 Å². The van der Waals surface area contributed by atoms with Crippen LogP contribution in [0.15, 0.2) is 12.1 Å². The first kappa shape index (κ1) is 14.5. The molecule has 1 heterocycles. The Morgan fingerprint density at radius 2 is 1.71 bits per heavy atom. The number of hydrogen-bond donors (Lipinski definition) is 2. The number of nitrogens with zero attached hydrogens (tertiary/aromatic N) is 1. The molecule has 6 heteroatoms. The van der Waals surface area contributed by atoms with Gasteiger partial charge in [-0.2, -0.15) is 13.2 Å². The lowest BCUT2D eigenvalue weighted by atomic mass is 9.98. The average Bonchev–Trinajstić information content (AvgIpc) is 3.30. The summed E-state index contributed by atoms with van der Waals surface area (Å²) in [5, 5.41) is 5.81. The van der Waals surface area contributed by atoms with Gasteiger partial charge in [0.1, 0.15) is 11.6 Å². The second-order valence-electron chi connectivity index (χ2n) is 6.09. The van der Waals surface area contributed by atoms with Crippen molar-refractivity contribution in [2.75, 3.05) is 24.2 Å². The smallest absolute Gasteiger partial charge is 0.373 e. The molecule has 21 heavy (non-hydrogen) atoms. The van der Waals surface area contributed by atoms with E-state index in [1.165, 1.54) is 25.7 Å². The van der Waals surface area contributed by atoms with Crippen molar-refractivity contribution in [3.05, 3.63) is 17.7 Å². The van der Waals surface area contributed by atoms with Crippen LogP contribution in [0.25, 0.3) is 0 Å². The zero-order valence-corrected chi connectivity index (χ0v) is 12.0. The summed E-state index contributed by atoms with van der Waals surface area (Å²) in [6, 6.07) is 2.13. The molecule has 0 saturated heterocycles. The molecule has 0 atom stereocenters. The molecule has 2 aliphatic rings. The van der Waals surface area contributed by atoms with Gasteiger partial charge in [-0.15, -0.1) is 0 Å². The van der Waals surface area contributed by atoms with Gasteiger partial charge in [-0.05, 0) is 55.6 Å². The highest BCUT2D eigenvalue weighted by Gasteiger charge is 2.41. The van der Waals surface area contributed by atoms with Crippen LogP contribution >= 0.6 is 0 Å². The van der Waals surface area contributed by atoms with Gasteiger partial charge >= 0.3 is 6.18 Å². The minimum atomic E-state index is -4.35. The first-order valence-electron chi connectivity index (χ1n) is 7.48. The molecule has 0 radical (unpaired) electrons. The maximum atomic E-state index is 12.9. The summed E-state index contributed by atoms with van der Waals surface area (Å²) in [7, 11) is 1.57. The number of alkyl halides is 3. The maximum absolute atomic E-state index is 12.9. The summed E-state index contributed by atoms with van der Waals surface area (Å²) < 4.78 is 38.6. The summed E-state index contributed by atoms with van der Waals surface area (Å²) in [5.74, 6) is 2.67. The number of nitrogens with one attached hydrogen (secondary N) is 2. The normalized spacial score (nSPS) is 18.9. The Labute approximate surface area is 122 Å². The molecular weight excluding hydrogens is 279 g/mol. The highest BCUT2D eigenvalue weighted by atomic mass is 19.4. The van der Waals surface area contributed by atoms with Gasteiger partial charge in [-0.3, -0.25) is 0 Å². The number of aromatic nitrogens is 1. The molecule has 1 aromatic rings. The SMILES string of the molecule is CNc1cc(C(F)(F)F)cc(NCC(C2CC2)C2CC2)n1. The molecule has 2 saturated carbocycles. The molecular formula is C15H20F3N3. The van der Waals surface area contributed by atoms with E-state index in [9.17, 15) is 13.2 Å². The van der Waals surface area contributed by atoms with Crippen LogP contribution in [-0.2, 0) is 6.18 Å². The Morgan fingerprint density at radius 1 is 1.14 bits per heavy atom. The van der Waals surface area contributed by atoms with E-state index in [4.69, 9.17) is 0 Å². The molecule has 0 aromatic carbocycles. The van der Waals surface area contributed by atoms with Crippen LogP contribution < -0.4 is 10.6 Å². The first-order chi connectivity index (χ1) is 9.97. The Balaban J connectivity index is 1.71. The van der Waals surface area contributed by atoms with Crippen molar-refractivity contribution in [1.29, 1.82) is 0 Å². The Bertz CT molecular complexity index is 495. The van der Waals surface area contributed by atoms with Crippen molar-refractivity contribution < 1.29 is 13.2 Å². The van der Waals surface area contributed by atoms with Crippen LogP contribution in [0.2, 0.25) is 0 Å². The average molecular weight is 299 g/mol. The topological polar surface area (TPSA) is 37.0 Å². The number of pyridine rings is 1. The molecule has 0 aliphatic heterocycles. The summed E-state index contributed by atoms with van der Waals surface area (Å²) in [4.78, 5) is 4.17. The lowest BCUT2D eigenvalue weighted by Gasteiger charge is -2.18.